The number of thiophene rings is 1. The Kier molecular flexibility index (Phi) is 8.46. The van der Waals surface area contributed by atoms with E-state index in [0.717, 1.165) is 24.9 Å². The number of hydrogen-bond donors (Lipinski definition) is 1. The molecule has 1 amide bonds. The van der Waals surface area contributed by atoms with E-state index in [1.54, 1.807) is 30.4 Å². The maximum Gasteiger partial charge on any atom is 0.237 e. The lowest BCUT2D eigenvalue weighted by molar-refractivity contribution is -0.136. The van der Waals surface area contributed by atoms with Crippen molar-refractivity contribution in [1.82, 2.24) is 9.80 Å². The highest BCUT2D eigenvalue weighted by Crippen LogP contribution is 2.34. The summed E-state index contributed by atoms with van der Waals surface area (Å²) in [7, 11) is 0. The molecule has 1 aromatic carbocycles. The number of rotatable bonds is 10. The molecule has 31 heavy (non-hydrogen) atoms. The second kappa shape index (κ2) is 11.1. The SMILES string of the molecule is CC(C)CCN(CC(=O)N1CCc2sccc2C1COc1ccc(F)cc1)CC(C)O. The fraction of sp³-hybridized carbons (Fsp3) is 0.542. The minimum absolute atomic E-state index is 0.0500. The minimum Gasteiger partial charge on any atom is -0.491 e. The molecule has 0 bridgehead atoms. The van der Waals surface area contributed by atoms with Gasteiger partial charge in [-0.2, -0.15) is 0 Å². The average Bonchev–Trinajstić information content (AvgIpc) is 3.20. The molecule has 2 unspecified atom stereocenters. The smallest absolute Gasteiger partial charge is 0.237 e. The molecule has 0 fully saturated rings. The van der Waals surface area contributed by atoms with Gasteiger partial charge in [-0.3, -0.25) is 9.69 Å². The lowest BCUT2D eigenvalue weighted by Gasteiger charge is -2.37. The van der Waals surface area contributed by atoms with Gasteiger partial charge < -0.3 is 14.7 Å². The summed E-state index contributed by atoms with van der Waals surface area (Å²) in [5, 5.41) is 11.9. The molecule has 1 aliphatic heterocycles. The Bertz CT molecular complexity index is 838. The maximum absolute atomic E-state index is 13.3. The number of aliphatic hydroxyl groups is 1. The van der Waals surface area contributed by atoms with Crippen LogP contribution in [0.1, 0.15) is 43.7 Å². The molecule has 3 rings (SSSR count). The van der Waals surface area contributed by atoms with E-state index < -0.39 is 6.10 Å². The Morgan fingerprint density at radius 3 is 2.71 bits per heavy atom. The molecule has 0 saturated heterocycles. The first-order chi connectivity index (χ1) is 14.8. The van der Waals surface area contributed by atoms with Crippen LogP contribution in [0.25, 0.3) is 0 Å². The molecule has 1 aliphatic rings. The topological polar surface area (TPSA) is 53.0 Å². The van der Waals surface area contributed by atoms with Crippen LogP contribution in [0.4, 0.5) is 4.39 Å². The van der Waals surface area contributed by atoms with Crippen molar-refractivity contribution in [3.63, 3.8) is 0 Å². The molecular weight excluding hydrogens is 415 g/mol. The number of fused-ring (bicyclic) bond motifs is 1. The van der Waals surface area contributed by atoms with Gasteiger partial charge in [0, 0.05) is 18.0 Å². The highest BCUT2D eigenvalue weighted by Gasteiger charge is 2.33. The fourth-order valence-electron chi connectivity index (χ4n) is 3.91. The molecule has 0 radical (unpaired) electrons. The Balaban J connectivity index is 1.71. The number of aliphatic hydroxyl groups excluding tert-OH is 1. The number of carbonyl (C=O) groups excluding carboxylic acids is 1. The standard InChI is InChI=1S/C24H33FN2O3S/c1-17(2)8-11-26(14-18(3)28)15-24(29)27-12-9-23-21(10-13-31-23)22(27)16-30-20-6-4-19(25)5-7-20/h4-7,10,13,17-18,22,28H,8-9,11-12,14-16H2,1-3H3. The molecule has 0 spiro atoms. The van der Waals surface area contributed by atoms with Crippen molar-refractivity contribution in [3.05, 3.63) is 52.0 Å². The molecule has 1 N–H and O–H groups in total. The maximum atomic E-state index is 13.3. The minimum atomic E-state index is -0.484. The number of amides is 1. The summed E-state index contributed by atoms with van der Waals surface area (Å²) in [5.41, 5.74) is 1.14. The zero-order chi connectivity index (χ0) is 22.4. The zero-order valence-electron chi connectivity index (χ0n) is 18.6. The van der Waals surface area contributed by atoms with E-state index in [4.69, 9.17) is 4.74 Å². The van der Waals surface area contributed by atoms with Crippen LogP contribution in [0.2, 0.25) is 0 Å². The number of nitrogens with zero attached hydrogens (tertiary/aromatic N) is 2. The third kappa shape index (κ3) is 6.76. The first-order valence-electron chi connectivity index (χ1n) is 11.0. The summed E-state index contributed by atoms with van der Waals surface area (Å²) in [6.07, 6.45) is 1.34. The molecule has 2 atom stereocenters. The van der Waals surface area contributed by atoms with Gasteiger partial charge in [-0.05, 0) is 73.5 Å². The van der Waals surface area contributed by atoms with Crippen LogP contribution in [-0.2, 0) is 11.2 Å². The number of carbonyl (C=O) groups is 1. The van der Waals surface area contributed by atoms with Crippen molar-refractivity contribution >= 4 is 17.2 Å². The predicted octanol–water partition coefficient (Wildman–Crippen LogP) is 4.12. The van der Waals surface area contributed by atoms with Gasteiger partial charge in [0.15, 0.2) is 0 Å². The molecular formula is C24H33FN2O3S. The second-order valence-electron chi connectivity index (χ2n) is 8.68. The normalized spacial score (nSPS) is 17.1. The second-order valence-corrected chi connectivity index (χ2v) is 9.68. The van der Waals surface area contributed by atoms with Crippen LogP contribution >= 0.6 is 11.3 Å². The van der Waals surface area contributed by atoms with Gasteiger partial charge in [0.2, 0.25) is 5.91 Å². The lowest BCUT2D eigenvalue weighted by atomic mass is 10.0. The summed E-state index contributed by atoms with van der Waals surface area (Å²) >= 11 is 1.71. The first kappa shape index (κ1) is 23.7. The number of benzene rings is 1. The molecule has 5 nitrogen and oxygen atoms in total. The third-order valence-corrected chi connectivity index (χ3v) is 6.54. The molecule has 0 saturated carbocycles. The van der Waals surface area contributed by atoms with E-state index in [0.29, 0.717) is 31.4 Å². The summed E-state index contributed by atoms with van der Waals surface area (Å²) in [5.74, 6) is 0.867. The van der Waals surface area contributed by atoms with Crippen molar-refractivity contribution in [3.8, 4) is 5.75 Å². The first-order valence-corrected chi connectivity index (χ1v) is 11.9. The number of halogens is 1. The van der Waals surface area contributed by atoms with Gasteiger partial charge in [0.25, 0.3) is 0 Å². The molecule has 0 aliphatic carbocycles. The van der Waals surface area contributed by atoms with E-state index in [-0.39, 0.29) is 24.3 Å². The lowest BCUT2D eigenvalue weighted by Crippen LogP contribution is -2.47. The van der Waals surface area contributed by atoms with Crippen LogP contribution < -0.4 is 4.74 Å². The summed E-state index contributed by atoms with van der Waals surface area (Å²) in [6, 6.07) is 7.86. The van der Waals surface area contributed by atoms with E-state index >= 15 is 0 Å². The van der Waals surface area contributed by atoms with Gasteiger partial charge in [0.1, 0.15) is 18.2 Å². The van der Waals surface area contributed by atoms with E-state index in [9.17, 15) is 14.3 Å². The highest BCUT2D eigenvalue weighted by atomic mass is 32.1. The summed E-state index contributed by atoms with van der Waals surface area (Å²) in [6.45, 7) is 8.59. The average molecular weight is 449 g/mol. The van der Waals surface area contributed by atoms with Crippen LogP contribution in [0.15, 0.2) is 35.7 Å². The number of hydrogen-bond acceptors (Lipinski definition) is 5. The monoisotopic (exact) mass is 448 g/mol. The summed E-state index contributed by atoms with van der Waals surface area (Å²) in [4.78, 5) is 18.6. The van der Waals surface area contributed by atoms with Gasteiger partial charge in [-0.15, -0.1) is 11.3 Å². The Hall–Kier alpha value is -1.96. The van der Waals surface area contributed by atoms with Gasteiger partial charge in [0.05, 0.1) is 18.7 Å². The molecule has 170 valence electrons. The molecule has 2 heterocycles. The van der Waals surface area contributed by atoms with Crippen molar-refractivity contribution in [2.45, 2.75) is 45.8 Å². The largest absolute Gasteiger partial charge is 0.491 e. The van der Waals surface area contributed by atoms with Crippen LogP contribution in [0.3, 0.4) is 0 Å². The fourth-order valence-corrected chi connectivity index (χ4v) is 4.84. The quantitative estimate of drug-likeness (QED) is 0.594. The van der Waals surface area contributed by atoms with Gasteiger partial charge >= 0.3 is 0 Å². The Labute approximate surface area is 188 Å². The van der Waals surface area contributed by atoms with Crippen molar-refractivity contribution in [1.29, 1.82) is 0 Å². The Morgan fingerprint density at radius 2 is 2.03 bits per heavy atom. The molecule has 7 heteroatoms. The van der Waals surface area contributed by atoms with E-state index in [1.807, 2.05) is 9.80 Å². The third-order valence-electron chi connectivity index (χ3n) is 5.54. The van der Waals surface area contributed by atoms with Crippen LogP contribution in [-0.4, -0.2) is 59.7 Å². The summed E-state index contributed by atoms with van der Waals surface area (Å²) < 4.78 is 19.1. The van der Waals surface area contributed by atoms with Gasteiger partial charge in [-0.1, -0.05) is 13.8 Å². The van der Waals surface area contributed by atoms with Crippen LogP contribution in [0.5, 0.6) is 5.75 Å². The Morgan fingerprint density at radius 1 is 1.29 bits per heavy atom. The zero-order valence-corrected chi connectivity index (χ0v) is 19.4. The van der Waals surface area contributed by atoms with E-state index in [2.05, 4.69) is 25.3 Å². The predicted molar refractivity (Wildman–Crippen MR) is 122 cm³/mol. The van der Waals surface area contributed by atoms with E-state index in [1.165, 1.54) is 17.0 Å². The van der Waals surface area contributed by atoms with Gasteiger partial charge in [-0.25, -0.2) is 4.39 Å². The molecule has 2 aromatic rings. The van der Waals surface area contributed by atoms with Crippen molar-refractivity contribution in [2.24, 2.45) is 5.92 Å². The highest BCUT2D eigenvalue weighted by molar-refractivity contribution is 7.10. The van der Waals surface area contributed by atoms with Crippen molar-refractivity contribution in [2.75, 3.05) is 32.8 Å². The number of ether oxygens (including phenoxy) is 1. The van der Waals surface area contributed by atoms with Crippen LogP contribution in [0, 0.1) is 11.7 Å². The molecule has 1 aromatic heterocycles. The van der Waals surface area contributed by atoms with Crippen molar-refractivity contribution < 1.29 is 19.0 Å².